The van der Waals surface area contributed by atoms with Crippen molar-refractivity contribution in [2.45, 2.75) is 121 Å². The lowest BCUT2D eigenvalue weighted by molar-refractivity contribution is -0.121. The molecule has 2 aliphatic carbocycles. The van der Waals surface area contributed by atoms with E-state index >= 15 is 0 Å². The molecule has 6 atom stereocenters. The van der Waals surface area contributed by atoms with Crippen LogP contribution in [0.2, 0.25) is 0 Å². The number of hydrogen-bond acceptors (Lipinski definition) is 6. The fourth-order valence-corrected chi connectivity index (χ4v) is 6.12. The van der Waals surface area contributed by atoms with Gasteiger partial charge < -0.3 is 29.6 Å². The number of ether oxygens (including phenoxy) is 4. The molecule has 4 aliphatic rings. The zero-order valence-corrected chi connectivity index (χ0v) is 21.4. The number of epoxide rings is 2. The quantitative estimate of drug-likeness (QED) is 0.408. The second-order valence-electron chi connectivity index (χ2n) is 10.9. The molecule has 4 rings (SSSR count). The Morgan fingerprint density at radius 3 is 2.29 bits per heavy atom. The van der Waals surface area contributed by atoms with E-state index in [0.717, 1.165) is 38.5 Å². The summed E-state index contributed by atoms with van der Waals surface area (Å²) in [5, 5.41) is 6.10. The maximum Gasteiger partial charge on any atom is 0.407 e. The molecule has 2 saturated carbocycles. The molecule has 0 aromatic heterocycles. The van der Waals surface area contributed by atoms with Gasteiger partial charge >= 0.3 is 6.09 Å². The van der Waals surface area contributed by atoms with E-state index in [9.17, 15) is 9.59 Å². The van der Waals surface area contributed by atoms with Crippen LogP contribution in [0.4, 0.5) is 4.79 Å². The summed E-state index contributed by atoms with van der Waals surface area (Å²) in [4.78, 5) is 24.4. The predicted molar refractivity (Wildman–Crippen MR) is 127 cm³/mol. The van der Waals surface area contributed by atoms with Crippen LogP contribution in [-0.2, 0) is 23.7 Å². The zero-order valence-electron chi connectivity index (χ0n) is 21.4. The highest BCUT2D eigenvalue weighted by molar-refractivity contribution is 5.75. The largest absolute Gasteiger partial charge is 0.443 e. The molecule has 34 heavy (non-hydrogen) atoms. The van der Waals surface area contributed by atoms with Gasteiger partial charge in [0.1, 0.15) is 23.4 Å². The summed E-state index contributed by atoms with van der Waals surface area (Å²) in [5.74, 6) is 0.104. The van der Waals surface area contributed by atoms with Crippen molar-refractivity contribution in [3.8, 4) is 0 Å². The highest BCUT2D eigenvalue weighted by Gasteiger charge is 2.72. The Balaban J connectivity index is 1.32. The third-order valence-electron chi connectivity index (χ3n) is 8.23. The molecule has 2 heterocycles. The standard InChI is InChI=1S/C26H42N2O6/c1-6-21(29)27-17-8-10-18(11-9-17)28-24(30)33-19-13-14-26(15-32-26)23(22(19)31-5)25(4)20(34-25)12-7-16(2)3/h7,17-20,22-23H,6,8-15H2,1-5H3,(H,27,29)(H,28,30)/t17-,18+,19?,20-,22?,23?,25?,26+/m1/s1. The van der Waals surface area contributed by atoms with Gasteiger partial charge in [-0.2, -0.15) is 0 Å². The molecule has 4 fully saturated rings. The molecule has 8 nitrogen and oxygen atoms in total. The number of methoxy groups -OCH3 is 1. The number of carbonyl (C=O) groups excluding carboxylic acids is 2. The predicted octanol–water partition coefficient (Wildman–Crippen LogP) is 3.63. The van der Waals surface area contributed by atoms with Crippen molar-refractivity contribution in [2.75, 3.05) is 13.7 Å². The summed E-state index contributed by atoms with van der Waals surface area (Å²) in [6.45, 7) is 8.91. The maximum absolute atomic E-state index is 12.8. The van der Waals surface area contributed by atoms with Gasteiger partial charge in [-0.05, 0) is 65.7 Å². The van der Waals surface area contributed by atoms with Gasteiger partial charge in [0.25, 0.3) is 0 Å². The van der Waals surface area contributed by atoms with E-state index in [2.05, 4.69) is 37.5 Å². The molecule has 0 aromatic carbocycles. The molecule has 2 N–H and O–H groups in total. The zero-order chi connectivity index (χ0) is 24.5. The second-order valence-corrected chi connectivity index (χ2v) is 10.9. The number of carbonyl (C=O) groups is 2. The number of alkyl carbamates (subject to hydrolysis) is 1. The van der Waals surface area contributed by atoms with Gasteiger partial charge in [0, 0.05) is 25.6 Å². The van der Waals surface area contributed by atoms with E-state index < -0.39 is 0 Å². The average Bonchev–Trinajstić information content (AvgIpc) is 3.72. The molecule has 1 spiro atoms. The number of hydrogen-bond donors (Lipinski definition) is 2. The normalized spacial score (nSPS) is 40.9. The molecule has 192 valence electrons. The van der Waals surface area contributed by atoms with E-state index in [0.29, 0.717) is 19.4 Å². The van der Waals surface area contributed by atoms with Crippen molar-refractivity contribution in [1.82, 2.24) is 10.6 Å². The highest BCUT2D eigenvalue weighted by atomic mass is 16.6. The topological polar surface area (TPSA) is 102 Å². The van der Waals surface area contributed by atoms with Gasteiger partial charge in [0.2, 0.25) is 5.91 Å². The molecule has 2 amide bonds. The SMILES string of the molecule is CCC(=O)N[C@H]1CC[C@@H](NC(=O)OC2CC[C@]3(CO3)C(C3(C)O[C@@H]3CC=C(C)C)C2OC)CC1. The fraction of sp³-hybridized carbons (Fsp3) is 0.846. The minimum absolute atomic E-state index is 0.0183. The van der Waals surface area contributed by atoms with Crippen LogP contribution < -0.4 is 10.6 Å². The molecular formula is C26H42N2O6. The molecule has 0 aromatic rings. The average molecular weight is 479 g/mol. The molecule has 8 heteroatoms. The van der Waals surface area contributed by atoms with E-state index in [1.807, 2.05) is 6.92 Å². The summed E-state index contributed by atoms with van der Waals surface area (Å²) in [5.41, 5.74) is 0.706. The first-order valence-corrected chi connectivity index (χ1v) is 12.9. The van der Waals surface area contributed by atoms with Crippen LogP contribution in [0.5, 0.6) is 0 Å². The summed E-state index contributed by atoms with van der Waals surface area (Å²) in [6.07, 6.45) is 7.66. The molecule has 4 unspecified atom stereocenters. The van der Waals surface area contributed by atoms with E-state index in [4.69, 9.17) is 18.9 Å². The third kappa shape index (κ3) is 5.44. The first-order chi connectivity index (χ1) is 16.2. The lowest BCUT2D eigenvalue weighted by Crippen LogP contribution is -2.56. The van der Waals surface area contributed by atoms with Crippen molar-refractivity contribution in [3.63, 3.8) is 0 Å². The van der Waals surface area contributed by atoms with Crippen molar-refractivity contribution in [3.05, 3.63) is 11.6 Å². The molecule has 0 radical (unpaired) electrons. The van der Waals surface area contributed by atoms with Crippen LogP contribution >= 0.6 is 0 Å². The number of allylic oxidation sites excluding steroid dienone is 1. The van der Waals surface area contributed by atoms with Crippen LogP contribution in [0.3, 0.4) is 0 Å². The Morgan fingerprint density at radius 2 is 1.74 bits per heavy atom. The number of amides is 2. The van der Waals surface area contributed by atoms with Crippen LogP contribution in [0.15, 0.2) is 11.6 Å². The second kappa shape index (κ2) is 10.2. The van der Waals surface area contributed by atoms with Gasteiger partial charge in [-0.3, -0.25) is 4.79 Å². The van der Waals surface area contributed by atoms with Gasteiger partial charge in [-0.15, -0.1) is 0 Å². The van der Waals surface area contributed by atoms with Gasteiger partial charge in [-0.1, -0.05) is 18.6 Å². The summed E-state index contributed by atoms with van der Waals surface area (Å²) in [6, 6.07) is 0.269. The van der Waals surface area contributed by atoms with Gasteiger partial charge in [-0.25, -0.2) is 4.79 Å². The summed E-state index contributed by atoms with van der Waals surface area (Å²) in [7, 11) is 1.69. The van der Waals surface area contributed by atoms with E-state index in [1.165, 1.54) is 5.57 Å². The minimum Gasteiger partial charge on any atom is -0.443 e. The Labute approximate surface area is 203 Å². The van der Waals surface area contributed by atoms with Gasteiger partial charge in [0.05, 0.1) is 18.6 Å². The molecular weight excluding hydrogens is 436 g/mol. The Kier molecular flexibility index (Phi) is 7.60. The maximum atomic E-state index is 12.8. The van der Waals surface area contributed by atoms with E-state index in [1.54, 1.807) is 7.11 Å². The van der Waals surface area contributed by atoms with Crippen LogP contribution in [0, 0.1) is 5.92 Å². The molecule has 0 bridgehead atoms. The Bertz CT molecular complexity index is 784. The minimum atomic E-state index is -0.387. The highest BCUT2D eigenvalue weighted by Crippen LogP contribution is 2.59. The van der Waals surface area contributed by atoms with Crippen LogP contribution in [0.1, 0.15) is 79.1 Å². The Hall–Kier alpha value is -1.64. The summed E-state index contributed by atoms with van der Waals surface area (Å²) < 4.78 is 24.1. The fourth-order valence-electron chi connectivity index (χ4n) is 6.12. The van der Waals surface area contributed by atoms with Crippen molar-refractivity contribution >= 4 is 12.0 Å². The molecule has 2 saturated heterocycles. The number of rotatable bonds is 8. The van der Waals surface area contributed by atoms with Crippen LogP contribution in [0.25, 0.3) is 0 Å². The third-order valence-corrected chi connectivity index (χ3v) is 8.23. The smallest absolute Gasteiger partial charge is 0.407 e. The Morgan fingerprint density at radius 1 is 1.09 bits per heavy atom. The van der Waals surface area contributed by atoms with Crippen molar-refractivity contribution in [1.29, 1.82) is 0 Å². The number of nitrogens with one attached hydrogen (secondary N) is 2. The van der Waals surface area contributed by atoms with Crippen LogP contribution in [-0.4, -0.2) is 67.3 Å². The van der Waals surface area contributed by atoms with Crippen molar-refractivity contribution < 1.29 is 28.5 Å². The monoisotopic (exact) mass is 478 g/mol. The van der Waals surface area contributed by atoms with Gasteiger partial charge in [0.15, 0.2) is 0 Å². The first kappa shape index (κ1) is 25.5. The van der Waals surface area contributed by atoms with Crippen molar-refractivity contribution in [2.24, 2.45) is 5.92 Å². The first-order valence-electron chi connectivity index (χ1n) is 12.9. The lowest BCUT2D eigenvalue weighted by atomic mass is 9.68. The molecule has 2 aliphatic heterocycles. The summed E-state index contributed by atoms with van der Waals surface area (Å²) >= 11 is 0. The van der Waals surface area contributed by atoms with E-state index in [-0.39, 0.29) is 59.5 Å². The lowest BCUT2D eigenvalue weighted by Gasteiger charge is -2.42.